The van der Waals surface area contributed by atoms with E-state index in [1.165, 1.54) is 16.3 Å². The van der Waals surface area contributed by atoms with Gasteiger partial charge in [0.1, 0.15) is 5.78 Å². The lowest BCUT2D eigenvalue weighted by atomic mass is 9.77. The van der Waals surface area contributed by atoms with E-state index >= 15 is 0 Å². The highest BCUT2D eigenvalue weighted by Gasteiger charge is 2.39. The number of Topliss-reactive ketones (excluding diaryl/α,β-unsaturated/α-hetero) is 1. The number of carbonyl (C=O) groups is 1. The Hall–Kier alpha value is -1.71. The van der Waals surface area contributed by atoms with Crippen LogP contribution in [0.1, 0.15) is 38.2 Å². The molecule has 2 aromatic carbocycles. The molecule has 0 radical (unpaired) electrons. The van der Waals surface area contributed by atoms with Gasteiger partial charge in [-0.15, -0.1) is 0 Å². The standard InChI is InChI=1S/C20H25NO2/c1-15(22)20(21-2)12-6-10-18(13-20)23-14-17-9-5-8-16-7-3-4-11-19(16)17/h3-5,7-9,11,18,21H,6,10,12-14H2,1-2H3. The van der Waals surface area contributed by atoms with Gasteiger partial charge in [0, 0.05) is 0 Å². The summed E-state index contributed by atoms with van der Waals surface area (Å²) in [6.45, 7) is 2.29. The van der Waals surface area contributed by atoms with E-state index in [4.69, 9.17) is 4.74 Å². The molecule has 23 heavy (non-hydrogen) atoms. The first-order chi connectivity index (χ1) is 11.1. The minimum absolute atomic E-state index is 0.138. The Morgan fingerprint density at radius 3 is 2.83 bits per heavy atom. The Bertz CT molecular complexity index is 692. The van der Waals surface area contributed by atoms with Crippen LogP contribution in [0.3, 0.4) is 0 Å². The van der Waals surface area contributed by atoms with Crippen molar-refractivity contribution in [3.8, 4) is 0 Å². The first-order valence-corrected chi connectivity index (χ1v) is 8.43. The van der Waals surface area contributed by atoms with E-state index in [-0.39, 0.29) is 11.9 Å². The predicted octanol–water partition coefficient (Wildman–Crippen LogP) is 3.85. The first kappa shape index (κ1) is 16.2. The molecule has 1 aliphatic carbocycles. The lowest BCUT2D eigenvalue weighted by Gasteiger charge is -2.38. The molecular formula is C20H25NO2. The quantitative estimate of drug-likeness (QED) is 0.911. The Labute approximate surface area is 138 Å². The highest BCUT2D eigenvalue weighted by atomic mass is 16.5. The smallest absolute Gasteiger partial charge is 0.149 e. The van der Waals surface area contributed by atoms with Crippen LogP contribution >= 0.6 is 0 Å². The van der Waals surface area contributed by atoms with Crippen molar-refractivity contribution in [1.82, 2.24) is 5.32 Å². The molecule has 0 amide bonds. The SMILES string of the molecule is CNC1(C(C)=O)CCCC(OCc2cccc3ccccc23)C1. The van der Waals surface area contributed by atoms with E-state index in [1.54, 1.807) is 6.92 Å². The van der Waals surface area contributed by atoms with Crippen molar-refractivity contribution in [1.29, 1.82) is 0 Å². The van der Waals surface area contributed by atoms with Crippen LogP contribution in [-0.4, -0.2) is 24.5 Å². The van der Waals surface area contributed by atoms with Crippen LogP contribution in [0.2, 0.25) is 0 Å². The number of hydrogen-bond donors (Lipinski definition) is 1. The number of hydrogen-bond acceptors (Lipinski definition) is 3. The van der Waals surface area contributed by atoms with E-state index in [2.05, 4.69) is 47.8 Å². The summed E-state index contributed by atoms with van der Waals surface area (Å²) >= 11 is 0. The van der Waals surface area contributed by atoms with Gasteiger partial charge in [0.25, 0.3) is 0 Å². The van der Waals surface area contributed by atoms with Gasteiger partial charge >= 0.3 is 0 Å². The molecule has 1 N–H and O–H groups in total. The zero-order valence-electron chi connectivity index (χ0n) is 14.0. The molecular weight excluding hydrogens is 286 g/mol. The van der Waals surface area contributed by atoms with Crippen molar-refractivity contribution in [2.45, 2.75) is 50.9 Å². The second kappa shape index (κ2) is 6.81. The second-order valence-electron chi connectivity index (χ2n) is 6.56. The van der Waals surface area contributed by atoms with Crippen LogP contribution in [0.15, 0.2) is 42.5 Å². The highest BCUT2D eigenvalue weighted by molar-refractivity contribution is 5.86. The van der Waals surface area contributed by atoms with E-state index in [1.807, 2.05) is 7.05 Å². The Balaban J connectivity index is 1.71. The molecule has 0 saturated heterocycles. The molecule has 2 unspecified atom stereocenters. The number of ether oxygens (including phenoxy) is 1. The summed E-state index contributed by atoms with van der Waals surface area (Å²) < 4.78 is 6.19. The molecule has 0 aromatic heterocycles. The van der Waals surface area contributed by atoms with Gasteiger partial charge in [0.15, 0.2) is 0 Å². The molecule has 122 valence electrons. The number of nitrogens with one attached hydrogen (secondary N) is 1. The molecule has 2 atom stereocenters. The number of carbonyl (C=O) groups excluding carboxylic acids is 1. The van der Waals surface area contributed by atoms with Crippen LogP contribution in [0.4, 0.5) is 0 Å². The lowest BCUT2D eigenvalue weighted by molar-refractivity contribution is -0.127. The third kappa shape index (κ3) is 3.31. The number of likely N-dealkylation sites (N-methyl/N-ethyl adjacent to an activating group) is 1. The van der Waals surface area contributed by atoms with Crippen LogP contribution < -0.4 is 5.32 Å². The molecule has 1 aliphatic rings. The van der Waals surface area contributed by atoms with Crippen LogP contribution in [-0.2, 0) is 16.1 Å². The van der Waals surface area contributed by atoms with Crippen molar-refractivity contribution < 1.29 is 9.53 Å². The number of rotatable bonds is 5. The summed E-state index contributed by atoms with van der Waals surface area (Å²) in [6.07, 6.45) is 3.87. The first-order valence-electron chi connectivity index (χ1n) is 8.43. The maximum Gasteiger partial charge on any atom is 0.149 e. The number of benzene rings is 2. The average Bonchev–Trinajstić information content (AvgIpc) is 2.60. The summed E-state index contributed by atoms with van der Waals surface area (Å²) in [6, 6.07) is 14.7. The summed E-state index contributed by atoms with van der Waals surface area (Å²) in [4.78, 5) is 12.0. The zero-order valence-corrected chi connectivity index (χ0v) is 14.0. The van der Waals surface area contributed by atoms with Crippen molar-refractivity contribution in [3.05, 3.63) is 48.0 Å². The highest BCUT2D eigenvalue weighted by Crippen LogP contribution is 2.31. The summed E-state index contributed by atoms with van der Waals surface area (Å²) in [5.74, 6) is 0.221. The monoisotopic (exact) mass is 311 g/mol. The maximum absolute atomic E-state index is 12.0. The van der Waals surface area contributed by atoms with Crippen molar-refractivity contribution in [2.75, 3.05) is 7.05 Å². The van der Waals surface area contributed by atoms with Crippen LogP contribution in [0.25, 0.3) is 10.8 Å². The fourth-order valence-electron chi connectivity index (χ4n) is 3.72. The van der Waals surface area contributed by atoms with Crippen LogP contribution in [0.5, 0.6) is 0 Å². The van der Waals surface area contributed by atoms with Crippen molar-refractivity contribution in [2.24, 2.45) is 0 Å². The maximum atomic E-state index is 12.0. The van der Waals surface area contributed by atoms with E-state index < -0.39 is 5.54 Å². The van der Waals surface area contributed by atoms with Gasteiger partial charge in [-0.1, -0.05) is 42.5 Å². The van der Waals surface area contributed by atoms with Gasteiger partial charge in [-0.2, -0.15) is 0 Å². The average molecular weight is 311 g/mol. The van der Waals surface area contributed by atoms with Gasteiger partial charge in [0.05, 0.1) is 18.2 Å². The number of ketones is 1. The Morgan fingerprint density at radius 1 is 1.26 bits per heavy atom. The third-order valence-electron chi connectivity index (χ3n) is 5.21. The molecule has 3 heteroatoms. The van der Waals surface area contributed by atoms with Gasteiger partial charge in [-0.05, 0) is 56.0 Å². The molecule has 0 spiro atoms. The lowest BCUT2D eigenvalue weighted by Crippen LogP contribution is -2.53. The predicted molar refractivity (Wildman–Crippen MR) is 93.5 cm³/mol. The molecule has 1 fully saturated rings. The van der Waals surface area contributed by atoms with Gasteiger partial charge < -0.3 is 10.1 Å². The Kier molecular flexibility index (Phi) is 4.79. The van der Waals surface area contributed by atoms with E-state index in [0.29, 0.717) is 6.61 Å². The van der Waals surface area contributed by atoms with Crippen LogP contribution in [0, 0.1) is 0 Å². The van der Waals surface area contributed by atoms with Crippen molar-refractivity contribution >= 4 is 16.6 Å². The summed E-state index contributed by atoms with van der Waals surface area (Å²) in [5, 5.41) is 5.73. The Morgan fingerprint density at radius 2 is 2.04 bits per heavy atom. The zero-order chi connectivity index (χ0) is 16.3. The molecule has 0 heterocycles. The minimum Gasteiger partial charge on any atom is -0.373 e. The topological polar surface area (TPSA) is 38.3 Å². The summed E-state index contributed by atoms with van der Waals surface area (Å²) in [7, 11) is 1.88. The van der Waals surface area contributed by atoms with E-state index in [9.17, 15) is 4.79 Å². The second-order valence-corrected chi connectivity index (χ2v) is 6.56. The molecule has 0 bridgehead atoms. The van der Waals surface area contributed by atoms with Crippen molar-refractivity contribution in [3.63, 3.8) is 0 Å². The summed E-state index contributed by atoms with van der Waals surface area (Å²) in [5.41, 5.74) is 0.813. The molecule has 3 nitrogen and oxygen atoms in total. The minimum atomic E-state index is -0.401. The molecule has 0 aliphatic heterocycles. The molecule has 3 rings (SSSR count). The van der Waals surface area contributed by atoms with Gasteiger partial charge in [-0.3, -0.25) is 4.79 Å². The fourth-order valence-corrected chi connectivity index (χ4v) is 3.72. The molecule has 1 saturated carbocycles. The van der Waals surface area contributed by atoms with E-state index in [0.717, 1.165) is 25.7 Å². The number of fused-ring (bicyclic) bond motifs is 1. The fraction of sp³-hybridized carbons (Fsp3) is 0.450. The van der Waals surface area contributed by atoms with Gasteiger partial charge in [0.2, 0.25) is 0 Å². The third-order valence-corrected chi connectivity index (χ3v) is 5.21. The normalized spacial score (nSPS) is 24.7. The molecule has 2 aromatic rings. The largest absolute Gasteiger partial charge is 0.373 e. The van der Waals surface area contributed by atoms with Gasteiger partial charge in [-0.25, -0.2) is 0 Å².